The van der Waals surface area contributed by atoms with Gasteiger partial charge in [0, 0.05) is 25.7 Å². The van der Waals surface area contributed by atoms with Crippen LogP contribution in [0.25, 0.3) is 0 Å². The van der Waals surface area contributed by atoms with E-state index in [1.54, 1.807) is 0 Å². The number of hydrogen-bond donors (Lipinski definition) is 3. The highest BCUT2D eigenvalue weighted by Gasteiger charge is 2.30. The van der Waals surface area contributed by atoms with Gasteiger partial charge in [0.2, 0.25) is 0 Å². The molecule has 3 N–H and O–H groups in total. The van der Waals surface area contributed by atoms with Crippen LogP contribution in [0.2, 0.25) is 0 Å². The number of hydrogen-bond acceptors (Lipinski definition) is 15. The van der Waals surface area contributed by atoms with Crippen LogP contribution >= 0.6 is 15.6 Å². The summed E-state index contributed by atoms with van der Waals surface area (Å²) in [6, 6.07) is 0. The van der Waals surface area contributed by atoms with Crippen molar-refractivity contribution in [3.8, 4) is 0 Å². The van der Waals surface area contributed by atoms with Gasteiger partial charge in [0.25, 0.3) is 0 Å². The Morgan fingerprint density at radius 3 is 0.819 bits per heavy atom. The molecule has 2 unspecified atom stereocenters. The van der Waals surface area contributed by atoms with Crippen molar-refractivity contribution >= 4 is 39.5 Å². The van der Waals surface area contributed by atoms with Crippen LogP contribution in [0, 0.1) is 11.8 Å². The fraction of sp³-hybridized carbons (Fsp3) is 0.938. The number of aliphatic hydroxyl groups is 1. The number of carbonyl (C=O) groups is 4. The minimum atomic E-state index is -4.94. The summed E-state index contributed by atoms with van der Waals surface area (Å²) in [7, 11) is -9.88. The van der Waals surface area contributed by atoms with E-state index in [9.17, 15) is 43.2 Å². The number of ether oxygens (including phenoxy) is 4. The summed E-state index contributed by atoms with van der Waals surface area (Å²) in [6.07, 6.45) is 39.7. The molecular weight excluding hydrogens is 1100 g/mol. The summed E-state index contributed by atoms with van der Waals surface area (Å²) < 4.78 is 67.7. The van der Waals surface area contributed by atoms with Gasteiger partial charge in [0.05, 0.1) is 26.4 Å². The lowest BCUT2D eigenvalue weighted by molar-refractivity contribution is -0.161. The average molecular weight is 1230 g/mol. The van der Waals surface area contributed by atoms with Crippen molar-refractivity contribution in [2.75, 3.05) is 39.6 Å². The third-order valence-corrected chi connectivity index (χ3v) is 16.6. The van der Waals surface area contributed by atoms with E-state index < -0.39 is 97.5 Å². The number of aliphatic hydroxyl groups excluding tert-OH is 1. The Bertz CT molecular complexity index is 1630. The monoisotopic (exact) mass is 1230 g/mol. The maximum atomic E-state index is 13.0. The molecule has 492 valence electrons. The molecule has 0 spiro atoms. The lowest BCUT2D eigenvalue weighted by atomic mass is 10.0. The first-order valence-electron chi connectivity index (χ1n) is 33.5. The van der Waals surface area contributed by atoms with Gasteiger partial charge in [-0.15, -0.1) is 0 Å². The maximum absolute atomic E-state index is 13.0. The molecule has 0 aliphatic carbocycles. The number of phosphoric acid groups is 2. The Labute approximate surface area is 505 Å². The molecule has 0 saturated carbocycles. The third-order valence-electron chi connectivity index (χ3n) is 14.7. The minimum Gasteiger partial charge on any atom is -0.462 e. The van der Waals surface area contributed by atoms with Gasteiger partial charge in [-0.1, -0.05) is 266 Å². The van der Waals surface area contributed by atoms with E-state index in [0.29, 0.717) is 37.5 Å². The van der Waals surface area contributed by atoms with Crippen molar-refractivity contribution in [1.82, 2.24) is 0 Å². The predicted molar refractivity (Wildman–Crippen MR) is 331 cm³/mol. The molecule has 0 aliphatic heterocycles. The smallest absolute Gasteiger partial charge is 0.462 e. The molecule has 5 atom stereocenters. The van der Waals surface area contributed by atoms with Gasteiger partial charge in [-0.3, -0.25) is 37.3 Å². The van der Waals surface area contributed by atoms with Crippen LogP contribution in [0.4, 0.5) is 0 Å². The Balaban J connectivity index is 5.11. The molecule has 0 radical (unpaired) electrons. The van der Waals surface area contributed by atoms with Gasteiger partial charge >= 0.3 is 39.5 Å². The maximum Gasteiger partial charge on any atom is 0.472 e. The van der Waals surface area contributed by atoms with Gasteiger partial charge < -0.3 is 33.8 Å². The summed E-state index contributed by atoms with van der Waals surface area (Å²) >= 11 is 0. The largest absolute Gasteiger partial charge is 0.472 e. The second-order valence-corrected chi connectivity index (χ2v) is 27.0. The van der Waals surface area contributed by atoms with Gasteiger partial charge in [-0.25, -0.2) is 9.13 Å². The van der Waals surface area contributed by atoms with Gasteiger partial charge in [0.15, 0.2) is 12.2 Å². The molecule has 17 nitrogen and oxygen atoms in total. The van der Waals surface area contributed by atoms with Gasteiger partial charge in [-0.05, 0) is 37.5 Å². The zero-order valence-electron chi connectivity index (χ0n) is 53.5. The molecule has 0 aromatic carbocycles. The molecule has 0 aromatic heterocycles. The van der Waals surface area contributed by atoms with Crippen molar-refractivity contribution in [1.29, 1.82) is 0 Å². The van der Waals surface area contributed by atoms with E-state index in [1.165, 1.54) is 122 Å². The van der Waals surface area contributed by atoms with E-state index in [4.69, 9.17) is 37.0 Å². The van der Waals surface area contributed by atoms with E-state index in [0.717, 1.165) is 103 Å². The molecule has 83 heavy (non-hydrogen) atoms. The predicted octanol–water partition coefficient (Wildman–Crippen LogP) is 17.7. The summed E-state index contributed by atoms with van der Waals surface area (Å²) in [4.78, 5) is 71.9. The molecule has 0 saturated heterocycles. The normalized spacial score (nSPS) is 14.3. The Hall–Kier alpha value is -1.94. The Morgan fingerprint density at radius 1 is 0.325 bits per heavy atom. The van der Waals surface area contributed by atoms with Gasteiger partial charge in [-0.2, -0.15) is 0 Å². The number of phosphoric ester groups is 2. The first-order valence-corrected chi connectivity index (χ1v) is 36.5. The minimum absolute atomic E-state index is 0.101. The van der Waals surface area contributed by atoms with Crippen molar-refractivity contribution in [2.45, 2.75) is 336 Å². The number of carbonyl (C=O) groups excluding carboxylic acids is 4. The zero-order valence-corrected chi connectivity index (χ0v) is 55.3. The quantitative estimate of drug-likeness (QED) is 0.0222. The molecule has 0 aliphatic rings. The van der Waals surface area contributed by atoms with Crippen LogP contribution < -0.4 is 0 Å². The van der Waals surface area contributed by atoms with Crippen LogP contribution in [-0.4, -0.2) is 96.7 Å². The summed E-state index contributed by atoms with van der Waals surface area (Å²) in [5, 5.41) is 10.5. The van der Waals surface area contributed by atoms with E-state index in [-0.39, 0.29) is 25.7 Å². The highest BCUT2D eigenvalue weighted by Crippen LogP contribution is 2.45. The number of esters is 4. The van der Waals surface area contributed by atoms with Crippen molar-refractivity contribution in [3.63, 3.8) is 0 Å². The van der Waals surface area contributed by atoms with Crippen LogP contribution in [0.1, 0.15) is 318 Å². The second kappa shape index (κ2) is 56.6. The fourth-order valence-corrected chi connectivity index (χ4v) is 11.1. The lowest BCUT2D eigenvalue weighted by Crippen LogP contribution is -2.30. The van der Waals surface area contributed by atoms with Gasteiger partial charge in [0.1, 0.15) is 19.3 Å². The zero-order chi connectivity index (χ0) is 61.5. The summed E-state index contributed by atoms with van der Waals surface area (Å²) in [5.41, 5.74) is 0. The van der Waals surface area contributed by atoms with E-state index in [2.05, 4.69) is 41.5 Å². The highest BCUT2D eigenvalue weighted by atomic mass is 31.2. The van der Waals surface area contributed by atoms with Crippen molar-refractivity contribution in [2.24, 2.45) is 11.8 Å². The van der Waals surface area contributed by atoms with Crippen molar-refractivity contribution < 1.29 is 80.2 Å². The first-order chi connectivity index (χ1) is 39.9. The highest BCUT2D eigenvalue weighted by molar-refractivity contribution is 7.47. The van der Waals surface area contributed by atoms with E-state index >= 15 is 0 Å². The third kappa shape index (κ3) is 58.8. The Kier molecular flexibility index (Phi) is 55.2. The van der Waals surface area contributed by atoms with Crippen molar-refractivity contribution in [3.05, 3.63) is 0 Å². The fourth-order valence-electron chi connectivity index (χ4n) is 9.53. The molecule has 0 fully saturated rings. The number of rotatable bonds is 63. The lowest BCUT2D eigenvalue weighted by Gasteiger charge is -2.21. The van der Waals surface area contributed by atoms with E-state index in [1.807, 2.05) is 0 Å². The van der Waals surface area contributed by atoms with Crippen LogP contribution in [0.3, 0.4) is 0 Å². The number of unbranched alkanes of at least 4 members (excludes halogenated alkanes) is 33. The van der Waals surface area contributed by atoms with Crippen LogP contribution in [0.15, 0.2) is 0 Å². The van der Waals surface area contributed by atoms with Crippen LogP contribution in [0.5, 0.6) is 0 Å². The molecule has 0 amide bonds. The summed E-state index contributed by atoms with van der Waals surface area (Å²) in [5.74, 6) is -0.776. The molecule has 0 heterocycles. The summed E-state index contributed by atoms with van der Waals surface area (Å²) in [6.45, 7) is 9.25. The molecule has 0 aromatic rings. The topological polar surface area (TPSA) is 237 Å². The van der Waals surface area contributed by atoms with Crippen LogP contribution in [-0.2, 0) is 65.4 Å². The Morgan fingerprint density at radius 2 is 0.554 bits per heavy atom. The molecular formula is C64H124O17P2. The SMILES string of the molecule is CCCCCCCCCCCCCCCCCCCCCC(=O)O[C@H](COC(=O)CCCCCCCCCC(C)C)COP(=O)(O)OC[C@@H](O)COP(=O)(O)OC[C@@H](COC(=O)CCCCCCC)OC(=O)CCCCCCCCC(C)C. The molecule has 19 heteroatoms. The molecule has 0 bridgehead atoms. The first kappa shape index (κ1) is 81.1. The average Bonchev–Trinajstić information content (AvgIpc) is 3.45. The standard InChI is InChI=1S/C64H124O17P2/c1-7-9-11-13-14-15-16-17-18-19-20-21-22-23-24-25-28-36-42-48-63(68)80-60(53-75-62(67)47-41-35-29-26-27-33-38-44-56(3)4)55-79-83(72,73)77-51-58(65)50-76-82(70,71)78-54-59(52-74-61(66)46-40-32-12-10-8-2)81-64(69)49-43-37-31-30-34-39-45-57(5)6/h56-60,65H,7-55H2,1-6H3,(H,70,71)(H,72,73)/t58-,59+,60+/m0/s1. The molecule has 0 rings (SSSR count). The second-order valence-electron chi connectivity index (χ2n) is 24.1.